The summed E-state index contributed by atoms with van der Waals surface area (Å²) in [6.07, 6.45) is 0. The number of aromatic nitrogens is 2. The van der Waals surface area contributed by atoms with E-state index >= 15 is 0 Å². The molecule has 0 aliphatic carbocycles. The Morgan fingerprint density at radius 3 is 2.50 bits per heavy atom. The Morgan fingerprint density at radius 1 is 1.04 bits per heavy atom. The molecule has 0 fully saturated rings. The number of methoxy groups -OCH3 is 1. The zero-order chi connectivity index (χ0) is 18.4. The number of ether oxygens (including phenoxy) is 1. The molecule has 1 atom stereocenters. The van der Waals surface area contributed by atoms with E-state index in [4.69, 9.17) is 10.00 Å². The van der Waals surface area contributed by atoms with E-state index in [1.54, 1.807) is 13.2 Å². The summed E-state index contributed by atoms with van der Waals surface area (Å²) in [7, 11) is 1.57. The van der Waals surface area contributed by atoms with Gasteiger partial charge in [-0.05, 0) is 41.8 Å². The maximum Gasteiger partial charge on any atom is 0.233 e. The van der Waals surface area contributed by atoms with Crippen LogP contribution < -0.4 is 10.1 Å². The SMILES string of the molecule is COc1ccc(CNC(C)c2ccc(-c3cccc(C#N)c3)cc2)nn1. The summed E-state index contributed by atoms with van der Waals surface area (Å²) in [4.78, 5) is 0. The van der Waals surface area contributed by atoms with Crippen LogP contribution in [0.2, 0.25) is 0 Å². The molecule has 130 valence electrons. The number of hydrogen-bond acceptors (Lipinski definition) is 5. The largest absolute Gasteiger partial charge is 0.480 e. The number of rotatable bonds is 6. The summed E-state index contributed by atoms with van der Waals surface area (Å²) in [5.74, 6) is 0.512. The highest BCUT2D eigenvalue weighted by atomic mass is 16.5. The average molecular weight is 344 g/mol. The zero-order valence-corrected chi connectivity index (χ0v) is 14.8. The van der Waals surface area contributed by atoms with Crippen molar-refractivity contribution < 1.29 is 4.74 Å². The normalized spacial score (nSPS) is 11.6. The molecule has 3 rings (SSSR count). The monoisotopic (exact) mass is 344 g/mol. The highest BCUT2D eigenvalue weighted by Crippen LogP contribution is 2.23. The van der Waals surface area contributed by atoms with E-state index in [0.717, 1.165) is 16.8 Å². The smallest absolute Gasteiger partial charge is 0.233 e. The molecular formula is C21H20N4O. The molecule has 0 radical (unpaired) electrons. The Morgan fingerprint density at radius 2 is 1.85 bits per heavy atom. The van der Waals surface area contributed by atoms with Gasteiger partial charge in [-0.1, -0.05) is 36.4 Å². The lowest BCUT2D eigenvalue weighted by Crippen LogP contribution is -2.19. The zero-order valence-electron chi connectivity index (χ0n) is 14.8. The van der Waals surface area contributed by atoms with E-state index in [0.29, 0.717) is 18.0 Å². The van der Waals surface area contributed by atoms with Crippen molar-refractivity contribution in [1.29, 1.82) is 5.26 Å². The molecule has 1 unspecified atom stereocenters. The quantitative estimate of drug-likeness (QED) is 0.735. The van der Waals surface area contributed by atoms with Crippen molar-refractivity contribution in [3.8, 4) is 23.1 Å². The fourth-order valence-corrected chi connectivity index (χ4v) is 2.66. The van der Waals surface area contributed by atoms with Crippen molar-refractivity contribution >= 4 is 0 Å². The Hall–Kier alpha value is -3.23. The third-order valence-electron chi connectivity index (χ3n) is 4.23. The van der Waals surface area contributed by atoms with Gasteiger partial charge >= 0.3 is 0 Å². The predicted octanol–water partition coefficient (Wildman–Crippen LogP) is 3.87. The van der Waals surface area contributed by atoms with Crippen LogP contribution in [0.5, 0.6) is 5.88 Å². The van der Waals surface area contributed by atoms with Gasteiger partial charge in [0.2, 0.25) is 5.88 Å². The van der Waals surface area contributed by atoms with Crippen molar-refractivity contribution in [3.05, 3.63) is 77.5 Å². The lowest BCUT2D eigenvalue weighted by molar-refractivity contribution is 0.390. The van der Waals surface area contributed by atoms with Gasteiger partial charge in [-0.2, -0.15) is 10.4 Å². The van der Waals surface area contributed by atoms with Gasteiger partial charge in [0, 0.05) is 18.7 Å². The van der Waals surface area contributed by atoms with E-state index in [1.165, 1.54) is 5.56 Å². The number of benzene rings is 2. The summed E-state index contributed by atoms with van der Waals surface area (Å²) < 4.78 is 5.01. The lowest BCUT2D eigenvalue weighted by Gasteiger charge is -2.14. The molecule has 1 heterocycles. The van der Waals surface area contributed by atoms with E-state index in [9.17, 15) is 0 Å². The molecule has 0 saturated heterocycles. The summed E-state index contributed by atoms with van der Waals surface area (Å²) in [5.41, 5.74) is 4.86. The number of nitrogens with zero attached hydrogens (tertiary/aromatic N) is 3. The first kappa shape index (κ1) is 17.6. The van der Waals surface area contributed by atoms with E-state index < -0.39 is 0 Å². The predicted molar refractivity (Wildman–Crippen MR) is 100 cm³/mol. The molecule has 0 amide bonds. The van der Waals surface area contributed by atoms with Gasteiger partial charge in [0.15, 0.2) is 0 Å². The number of nitrogens with one attached hydrogen (secondary N) is 1. The van der Waals surface area contributed by atoms with Gasteiger partial charge in [-0.15, -0.1) is 5.10 Å². The summed E-state index contributed by atoms with van der Waals surface area (Å²) >= 11 is 0. The van der Waals surface area contributed by atoms with Crippen molar-refractivity contribution in [3.63, 3.8) is 0 Å². The van der Waals surface area contributed by atoms with Crippen LogP contribution in [0.4, 0.5) is 0 Å². The topological polar surface area (TPSA) is 70.8 Å². The maximum atomic E-state index is 9.03. The summed E-state index contributed by atoms with van der Waals surface area (Å²) in [5, 5.41) is 20.6. The highest BCUT2D eigenvalue weighted by Gasteiger charge is 2.07. The summed E-state index contributed by atoms with van der Waals surface area (Å²) in [6.45, 7) is 2.74. The van der Waals surface area contributed by atoms with Crippen LogP contribution in [0.3, 0.4) is 0 Å². The van der Waals surface area contributed by atoms with E-state index in [1.807, 2.05) is 30.3 Å². The second kappa shape index (κ2) is 8.24. The molecule has 0 aliphatic rings. The van der Waals surface area contributed by atoms with Crippen LogP contribution in [0, 0.1) is 11.3 Å². The minimum absolute atomic E-state index is 0.179. The molecule has 2 aromatic carbocycles. The molecular weight excluding hydrogens is 324 g/mol. The van der Waals surface area contributed by atoms with Gasteiger partial charge in [-0.25, -0.2) is 0 Å². The molecule has 0 bridgehead atoms. The van der Waals surface area contributed by atoms with Crippen LogP contribution in [-0.2, 0) is 6.54 Å². The first-order chi connectivity index (χ1) is 12.7. The third kappa shape index (κ3) is 4.24. The summed E-state index contributed by atoms with van der Waals surface area (Å²) in [6, 6.07) is 22.1. The van der Waals surface area contributed by atoms with Crippen LogP contribution in [0.1, 0.15) is 29.8 Å². The van der Waals surface area contributed by atoms with Crippen LogP contribution in [-0.4, -0.2) is 17.3 Å². The van der Waals surface area contributed by atoms with Crippen LogP contribution in [0.15, 0.2) is 60.7 Å². The Labute approximate surface area is 153 Å². The minimum Gasteiger partial charge on any atom is -0.480 e. The van der Waals surface area contributed by atoms with Crippen molar-refractivity contribution in [2.45, 2.75) is 19.5 Å². The second-order valence-corrected chi connectivity index (χ2v) is 5.98. The average Bonchev–Trinajstić information content (AvgIpc) is 2.72. The van der Waals surface area contributed by atoms with Gasteiger partial charge in [0.05, 0.1) is 24.4 Å². The molecule has 0 aliphatic heterocycles. The van der Waals surface area contributed by atoms with Gasteiger partial charge < -0.3 is 10.1 Å². The highest BCUT2D eigenvalue weighted by molar-refractivity contribution is 5.65. The van der Waals surface area contributed by atoms with Gasteiger partial charge in [0.25, 0.3) is 0 Å². The number of hydrogen-bond donors (Lipinski definition) is 1. The van der Waals surface area contributed by atoms with Crippen molar-refractivity contribution in [2.24, 2.45) is 0 Å². The molecule has 1 N–H and O–H groups in total. The first-order valence-electron chi connectivity index (χ1n) is 8.40. The Bertz CT molecular complexity index is 899. The molecule has 26 heavy (non-hydrogen) atoms. The van der Waals surface area contributed by atoms with E-state index in [2.05, 4.69) is 52.8 Å². The van der Waals surface area contributed by atoms with Crippen molar-refractivity contribution in [2.75, 3.05) is 7.11 Å². The fraction of sp³-hybridized carbons (Fsp3) is 0.190. The molecule has 0 spiro atoms. The van der Waals surface area contributed by atoms with Crippen molar-refractivity contribution in [1.82, 2.24) is 15.5 Å². The van der Waals surface area contributed by atoms with Crippen LogP contribution in [0.25, 0.3) is 11.1 Å². The standard InChI is InChI=1S/C21H20N4O/c1-15(23-14-20-10-11-21(26-2)25-24-20)17-6-8-18(9-7-17)19-5-3-4-16(12-19)13-22/h3-12,15,23H,14H2,1-2H3. The van der Waals surface area contributed by atoms with Gasteiger partial charge in [-0.3, -0.25) is 0 Å². The fourth-order valence-electron chi connectivity index (χ4n) is 2.66. The molecule has 3 aromatic rings. The third-order valence-corrected chi connectivity index (χ3v) is 4.23. The van der Waals surface area contributed by atoms with E-state index in [-0.39, 0.29) is 6.04 Å². The van der Waals surface area contributed by atoms with Crippen LogP contribution >= 0.6 is 0 Å². The van der Waals surface area contributed by atoms with Gasteiger partial charge in [0.1, 0.15) is 0 Å². The molecule has 5 nitrogen and oxygen atoms in total. The molecule has 5 heteroatoms. The number of nitriles is 1. The minimum atomic E-state index is 0.179. The Kier molecular flexibility index (Phi) is 5.57. The lowest BCUT2D eigenvalue weighted by atomic mass is 10.00. The molecule has 0 saturated carbocycles. The Balaban J connectivity index is 1.64. The first-order valence-corrected chi connectivity index (χ1v) is 8.40. The molecule has 1 aromatic heterocycles. The second-order valence-electron chi connectivity index (χ2n) is 5.98. The maximum absolute atomic E-state index is 9.03.